The van der Waals surface area contributed by atoms with Crippen LogP contribution in [0.1, 0.15) is 5.56 Å². The zero-order valence-electron chi connectivity index (χ0n) is 10.6. The van der Waals surface area contributed by atoms with Crippen molar-refractivity contribution >= 4 is 38.1 Å². The highest BCUT2D eigenvalue weighted by Crippen LogP contribution is 2.26. The van der Waals surface area contributed by atoms with Gasteiger partial charge in [-0.15, -0.1) is 0 Å². The van der Waals surface area contributed by atoms with Gasteiger partial charge in [0.2, 0.25) is 5.82 Å². The maximum absolute atomic E-state index is 14.0. The molecule has 0 bridgehead atoms. The zero-order chi connectivity index (χ0) is 15.6. The van der Waals surface area contributed by atoms with Crippen molar-refractivity contribution in [3.05, 3.63) is 62.4 Å². The average Bonchev–Trinajstić information content (AvgIpc) is 2.43. The van der Waals surface area contributed by atoms with E-state index >= 15 is 0 Å². The van der Waals surface area contributed by atoms with Gasteiger partial charge in [-0.05, 0) is 18.2 Å². The van der Waals surface area contributed by atoms with Gasteiger partial charge < -0.3 is 5.73 Å². The predicted molar refractivity (Wildman–Crippen MR) is 81.7 cm³/mol. The van der Waals surface area contributed by atoms with Crippen LogP contribution in [-0.4, -0.2) is 9.13 Å². The Bertz CT molecular complexity index is 739. The first-order valence-electron chi connectivity index (χ1n) is 5.75. The smallest absolute Gasteiger partial charge is 0.305 e. The molecule has 0 heterocycles. The number of nitrogen functional groups attached to an aromatic ring is 1. The van der Waals surface area contributed by atoms with Crippen molar-refractivity contribution in [2.75, 3.05) is 5.73 Å². The summed E-state index contributed by atoms with van der Waals surface area (Å²) in [6.07, 6.45) is 0. The van der Waals surface area contributed by atoms with Crippen LogP contribution >= 0.6 is 15.9 Å². The molecule has 0 fully saturated rings. The Labute approximate surface area is 130 Å². The summed E-state index contributed by atoms with van der Waals surface area (Å²) in [5, 5.41) is 10.7. The van der Waals surface area contributed by atoms with Crippen molar-refractivity contribution in [1.29, 1.82) is 0 Å². The number of anilines is 1. The number of hydrogen-bond donors (Lipinski definition) is 1. The highest BCUT2D eigenvalue weighted by atomic mass is 79.9. The molecule has 2 N–H and O–H groups in total. The lowest BCUT2D eigenvalue weighted by atomic mass is 10.2. The second kappa shape index (κ2) is 6.31. The molecule has 5 nitrogen and oxygen atoms in total. The molecule has 0 aromatic heterocycles. The monoisotopic (exact) mass is 372 g/mol. The second-order valence-electron chi connectivity index (χ2n) is 4.18. The molecule has 0 amide bonds. The van der Waals surface area contributed by atoms with E-state index in [-0.39, 0.29) is 11.3 Å². The summed E-state index contributed by atoms with van der Waals surface area (Å²) in [6, 6.07) is 8.66. The lowest BCUT2D eigenvalue weighted by molar-refractivity contribution is -0.387. The molecule has 21 heavy (non-hydrogen) atoms. The van der Waals surface area contributed by atoms with Crippen LogP contribution in [0.15, 0.2) is 45.8 Å². The molecule has 0 spiro atoms. The van der Waals surface area contributed by atoms with Gasteiger partial charge in [0.1, 0.15) is 0 Å². The fourth-order valence-electron chi connectivity index (χ4n) is 1.74. The summed E-state index contributed by atoms with van der Waals surface area (Å²) in [4.78, 5) is 10.2. The Kier molecular flexibility index (Phi) is 4.69. The summed E-state index contributed by atoms with van der Waals surface area (Å²) in [7, 11) is -1.61. The number of hydrogen-bond acceptors (Lipinski definition) is 4. The van der Waals surface area contributed by atoms with Gasteiger partial charge in [0.05, 0.1) is 26.4 Å². The molecule has 110 valence electrons. The topological polar surface area (TPSA) is 86.2 Å². The van der Waals surface area contributed by atoms with Crippen LogP contribution in [0.2, 0.25) is 0 Å². The van der Waals surface area contributed by atoms with Crippen molar-refractivity contribution in [3.8, 4) is 0 Å². The predicted octanol–water partition coefficient (Wildman–Crippen LogP) is 3.39. The van der Waals surface area contributed by atoms with Crippen LogP contribution < -0.4 is 5.73 Å². The van der Waals surface area contributed by atoms with Gasteiger partial charge in [0.15, 0.2) is 0 Å². The SMILES string of the molecule is Nc1ccc(Br)cc1S(=O)Cc1cccc([N+](=O)[O-])c1F. The number of rotatable bonds is 4. The number of nitrogens with two attached hydrogens (primary N) is 1. The van der Waals surface area contributed by atoms with Crippen LogP contribution in [0, 0.1) is 15.9 Å². The van der Waals surface area contributed by atoms with Crippen LogP contribution in [0.5, 0.6) is 0 Å². The number of nitro benzene ring substituents is 1. The van der Waals surface area contributed by atoms with E-state index in [9.17, 15) is 18.7 Å². The lowest BCUT2D eigenvalue weighted by Crippen LogP contribution is -2.04. The summed E-state index contributed by atoms with van der Waals surface area (Å²) in [6.45, 7) is 0. The van der Waals surface area contributed by atoms with Gasteiger partial charge in [0.25, 0.3) is 0 Å². The van der Waals surface area contributed by atoms with Gasteiger partial charge in [0, 0.05) is 21.8 Å². The highest BCUT2D eigenvalue weighted by Gasteiger charge is 2.19. The first-order valence-corrected chi connectivity index (χ1v) is 7.86. The fourth-order valence-corrected chi connectivity index (χ4v) is 3.51. The molecule has 0 radical (unpaired) electrons. The lowest BCUT2D eigenvalue weighted by Gasteiger charge is -2.07. The number of nitro groups is 1. The first-order chi connectivity index (χ1) is 9.90. The number of benzene rings is 2. The normalized spacial score (nSPS) is 12.1. The minimum Gasteiger partial charge on any atom is -0.398 e. The van der Waals surface area contributed by atoms with Crippen LogP contribution in [0.4, 0.5) is 15.8 Å². The largest absolute Gasteiger partial charge is 0.398 e. The molecule has 0 aliphatic heterocycles. The molecular weight excluding hydrogens is 363 g/mol. The zero-order valence-corrected chi connectivity index (χ0v) is 13.0. The van der Waals surface area contributed by atoms with E-state index in [4.69, 9.17) is 5.73 Å². The van der Waals surface area contributed by atoms with E-state index in [2.05, 4.69) is 15.9 Å². The van der Waals surface area contributed by atoms with Crippen molar-refractivity contribution in [1.82, 2.24) is 0 Å². The Morgan fingerprint density at radius 3 is 2.71 bits per heavy atom. The summed E-state index contributed by atoms with van der Waals surface area (Å²) >= 11 is 3.24. The van der Waals surface area contributed by atoms with Gasteiger partial charge in [-0.1, -0.05) is 28.1 Å². The van der Waals surface area contributed by atoms with Crippen LogP contribution in [0.3, 0.4) is 0 Å². The van der Waals surface area contributed by atoms with Crippen LogP contribution in [0.25, 0.3) is 0 Å². The third kappa shape index (κ3) is 3.45. The minimum absolute atomic E-state index is 0.0157. The number of halogens is 2. The van der Waals surface area contributed by atoms with E-state index < -0.39 is 27.2 Å². The Hall–Kier alpha value is -1.80. The molecule has 8 heteroatoms. The molecule has 2 aromatic carbocycles. The molecule has 1 atom stereocenters. The van der Waals surface area contributed by atoms with Gasteiger partial charge in [-0.2, -0.15) is 4.39 Å². The van der Waals surface area contributed by atoms with E-state index in [0.29, 0.717) is 15.1 Å². The van der Waals surface area contributed by atoms with E-state index in [0.717, 1.165) is 6.07 Å². The summed E-state index contributed by atoms with van der Waals surface area (Å²) in [5.74, 6) is -1.15. The van der Waals surface area contributed by atoms with Crippen molar-refractivity contribution in [2.45, 2.75) is 10.6 Å². The molecule has 2 rings (SSSR count). The second-order valence-corrected chi connectivity index (χ2v) is 6.51. The van der Waals surface area contributed by atoms with E-state index in [1.807, 2.05) is 0 Å². The first kappa shape index (κ1) is 15.6. The van der Waals surface area contributed by atoms with Crippen LogP contribution in [-0.2, 0) is 16.6 Å². The number of nitrogens with zero attached hydrogens (tertiary/aromatic N) is 1. The molecule has 0 aliphatic carbocycles. The summed E-state index contributed by atoms with van der Waals surface area (Å²) in [5.41, 5.74) is 5.45. The quantitative estimate of drug-likeness (QED) is 0.506. The third-order valence-electron chi connectivity index (χ3n) is 2.76. The highest BCUT2D eigenvalue weighted by molar-refractivity contribution is 9.10. The Balaban J connectivity index is 2.34. The minimum atomic E-state index is -1.61. The maximum atomic E-state index is 14.0. The van der Waals surface area contributed by atoms with Gasteiger partial charge in [-0.3, -0.25) is 14.3 Å². The standard InChI is InChI=1S/C13H10BrFN2O3S/c14-9-4-5-10(16)12(6-9)21(20)7-8-2-1-3-11(13(8)15)17(18)19/h1-6H,7,16H2. The summed E-state index contributed by atoms with van der Waals surface area (Å²) < 4.78 is 27.0. The Morgan fingerprint density at radius 1 is 1.33 bits per heavy atom. The molecule has 1 unspecified atom stereocenters. The Morgan fingerprint density at radius 2 is 2.05 bits per heavy atom. The molecule has 0 saturated carbocycles. The fraction of sp³-hybridized carbons (Fsp3) is 0.0769. The average molecular weight is 373 g/mol. The molecule has 2 aromatic rings. The van der Waals surface area contributed by atoms with Gasteiger partial charge >= 0.3 is 5.69 Å². The van der Waals surface area contributed by atoms with E-state index in [1.165, 1.54) is 12.1 Å². The van der Waals surface area contributed by atoms with Gasteiger partial charge in [-0.25, -0.2) is 0 Å². The molecule has 0 aliphatic rings. The third-order valence-corrected chi connectivity index (χ3v) is 4.67. The van der Waals surface area contributed by atoms with Crippen molar-refractivity contribution < 1.29 is 13.5 Å². The maximum Gasteiger partial charge on any atom is 0.305 e. The van der Waals surface area contributed by atoms with Crippen molar-refractivity contribution in [3.63, 3.8) is 0 Å². The van der Waals surface area contributed by atoms with Crippen molar-refractivity contribution in [2.24, 2.45) is 0 Å². The molecular formula is C13H10BrFN2O3S. The van der Waals surface area contributed by atoms with E-state index in [1.54, 1.807) is 18.2 Å². The molecule has 0 saturated heterocycles.